The van der Waals surface area contributed by atoms with Gasteiger partial charge >= 0.3 is 5.97 Å². The van der Waals surface area contributed by atoms with E-state index < -0.39 is 12.0 Å². The van der Waals surface area contributed by atoms with Crippen molar-refractivity contribution < 1.29 is 19.4 Å². The molecule has 2 N–H and O–H groups in total. The summed E-state index contributed by atoms with van der Waals surface area (Å²) in [5.74, 6) is -0.715. The number of rotatable bonds is 4. The van der Waals surface area contributed by atoms with Gasteiger partial charge in [0.15, 0.2) is 0 Å². The zero-order valence-electron chi connectivity index (χ0n) is 11.9. The SMILES string of the molecule is CC(C(=O)O)N1CCN(C(=O)CC2CNCCO2)CC1. The highest BCUT2D eigenvalue weighted by Gasteiger charge is 2.28. The molecule has 7 nitrogen and oxygen atoms in total. The van der Waals surface area contributed by atoms with Crippen LogP contribution >= 0.6 is 0 Å². The minimum absolute atomic E-state index is 0.0350. The van der Waals surface area contributed by atoms with Gasteiger partial charge < -0.3 is 20.1 Å². The minimum Gasteiger partial charge on any atom is -0.480 e. The Bertz CT molecular complexity index is 350. The molecule has 2 saturated heterocycles. The molecule has 2 rings (SSSR count). The Morgan fingerprint density at radius 1 is 1.35 bits per heavy atom. The lowest BCUT2D eigenvalue weighted by atomic mass is 10.1. The van der Waals surface area contributed by atoms with E-state index in [0.29, 0.717) is 39.2 Å². The second-order valence-electron chi connectivity index (χ2n) is 5.33. The monoisotopic (exact) mass is 285 g/mol. The molecule has 7 heteroatoms. The minimum atomic E-state index is -0.813. The number of nitrogens with one attached hydrogen (secondary N) is 1. The maximum absolute atomic E-state index is 12.2. The molecule has 0 bridgehead atoms. The topological polar surface area (TPSA) is 82.1 Å². The first kappa shape index (κ1) is 15.2. The molecule has 2 aliphatic heterocycles. The van der Waals surface area contributed by atoms with Gasteiger partial charge in [0.05, 0.1) is 19.1 Å². The van der Waals surface area contributed by atoms with Gasteiger partial charge in [0.1, 0.15) is 6.04 Å². The summed E-state index contributed by atoms with van der Waals surface area (Å²) in [5.41, 5.74) is 0. The number of carbonyl (C=O) groups is 2. The van der Waals surface area contributed by atoms with Crippen LogP contribution in [0.1, 0.15) is 13.3 Å². The Morgan fingerprint density at radius 2 is 2.05 bits per heavy atom. The molecule has 2 unspecified atom stereocenters. The van der Waals surface area contributed by atoms with E-state index in [1.165, 1.54) is 0 Å². The summed E-state index contributed by atoms with van der Waals surface area (Å²) in [6.45, 7) is 6.32. The molecule has 2 fully saturated rings. The fraction of sp³-hybridized carbons (Fsp3) is 0.846. The van der Waals surface area contributed by atoms with Crippen LogP contribution in [-0.4, -0.2) is 84.8 Å². The molecule has 2 heterocycles. The molecule has 2 atom stereocenters. The number of carbonyl (C=O) groups excluding carboxylic acids is 1. The number of ether oxygens (including phenoxy) is 1. The number of nitrogens with zero attached hydrogens (tertiary/aromatic N) is 2. The number of carboxylic acids is 1. The highest BCUT2D eigenvalue weighted by atomic mass is 16.5. The van der Waals surface area contributed by atoms with Crippen molar-refractivity contribution in [2.45, 2.75) is 25.5 Å². The number of morpholine rings is 1. The fourth-order valence-corrected chi connectivity index (χ4v) is 2.59. The fourth-order valence-electron chi connectivity index (χ4n) is 2.59. The molecule has 20 heavy (non-hydrogen) atoms. The Kier molecular flexibility index (Phi) is 5.33. The highest BCUT2D eigenvalue weighted by molar-refractivity contribution is 5.77. The highest BCUT2D eigenvalue weighted by Crippen LogP contribution is 2.10. The number of hydrogen-bond acceptors (Lipinski definition) is 5. The molecule has 2 aliphatic rings. The van der Waals surface area contributed by atoms with E-state index >= 15 is 0 Å². The Morgan fingerprint density at radius 3 is 2.60 bits per heavy atom. The third kappa shape index (κ3) is 3.91. The van der Waals surface area contributed by atoms with Crippen molar-refractivity contribution in [3.05, 3.63) is 0 Å². The van der Waals surface area contributed by atoms with Crippen LogP contribution in [0.5, 0.6) is 0 Å². The van der Waals surface area contributed by atoms with Gasteiger partial charge in [-0.2, -0.15) is 0 Å². The second kappa shape index (κ2) is 7.01. The van der Waals surface area contributed by atoms with E-state index in [4.69, 9.17) is 9.84 Å². The predicted octanol–water partition coefficient (Wildman–Crippen LogP) is -1.02. The van der Waals surface area contributed by atoms with E-state index in [9.17, 15) is 9.59 Å². The van der Waals surface area contributed by atoms with Crippen LogP contribution in [0.3, 0.4) is 0 Å². The summed E-state index contributed by atoms with van der Waals surface area (Å²) < 4.78 is 5.53. The molecule has 0 saturated carbocycles. The zero-order valence-corrected chi connectivity index (χ0v) is 11.9. The molecular formula is C13H23N3O4. The lowest BCUT2D eigenvalue weighted by molar-refractivity contribution is -0.144. The summed E-state index contributed by atoms with van der Waals surface area (Å²) in [7, 11) is 0. The Hall–Kier alpha value is -1.18. The van der Waals surface area contributed by atoms with Crippen LogP contribution < -0.4 is 5.32 Å². The molecule has 0 aromatic carbocycles. The molecular weight excluding hydrogens is 262 g/mol. The van der Waals surface area contributed by atoms with Crippen LogP contribution in [0, 0.1) is 0 Å². The van der Waals surface area contributed by atoms with E-state index in [-0.39, 0.29) is 12.0 Å². The maximum Gasteiger partial charge on any atom is 0.320 e. The van der Waals surface area contributed by atoms with Crippen molar-refractivity contribution in [2.24, 2.45) is 0 Å². The molecule has 114 valence electrons. The van der Waals surface area contributed by atoms with E-state index in [2.05, 4.69) is 5.32 Å². The van der Waals surface area contributed by atoms with Gasteiger partial charge in [-0.1, -0.05) is 0 Å². The van der Waals surface area contributed by atoms with Crippen molar-refractivity contribution in [1.29, 1.82) is 0 Å². The smallest absolute Gasteiger partial charge is 0.320 e. The van der Waals surface area contributed by atoms with Crippen LogP contribution in [0.2, 0.25) is 0 Å². The third-order valence-electron chi connectivity index (χ3n) is 3.98. The summed E-state index contributed by atoms with van der Waals surface area (Å²) in [6.07, 6.45) is 0.369. The molecule has 1 amide bonds. The van der Waals surface area contributed by atoms with Gasteiger partial charge in [0, 0.05) is 39.3 Å². The lowest BCUT2D eigenvalue weighted by Crippen LogP contribution is -2.54. The van der Waals surface area contributed by atoms with Crippen LogP contribution in [0.15, 0.2) is 0 Å². The number of carboxylic acid groups (broad SMARTS) is 1. The van der Waals surface area contributed by atoms with Crippen molar-refractivity contribution in [2.75, 3.05) is 45.9 Å². The second-order valence-corrected chi connectivity index (χ2v) is 5.33. The van der Waals surface area contributed by atoms with Crippen LogP contribution in [0.4, 0.5) is 0 Å². The lowest BCUT2D eigenvalue weighted by Gasteiger charge is -2.37. The first-order valence-corrected chi connectivity index (χ1v) is 7.15. The van der Waals surface area contributed by atoms with Gasteiger partial charge in [0.2, 0.25) is 5.91 Å². The molecule has 0 radical (unpaired) electrons. The van der Waals surface area contributed by atoms with Gasteiger partial charge in [-0.05, 0) is 6.92 Å². The van der Waals surface area contributed by atoms with Gasteiger partial charge in [-0.15, -0.1) is 0 Å². The molecule has 0 aliphatic carbocycles. The van der Waals surface area contributed by atoms with E-state index in [1.807, 2.05) is 9.80 Å². The third-order valence-corrected chi connectivity index (χ3v) is 3.98. The number of aliphatic carboxylic acids is 1. The average Bonchev–Trinajstić information content (AvgIpc) is 2.47. The largest absolute Gasteiger partial charge is 0.480 e. The average molecular weight is 285 g/mol. The van der Waals surface area contributed by atoms with Crippen molar-refractivity contribution >= 4 is 11.9 Å². The summed E-state index contributed by atoms with van der Waals surface area (Å²) in [6, 6.07) is -0.488. The quantitative estimate of drug-likeness (QED) is 0.688. The zero-order chi connectivity index (χ0) is 14.5. The van der Waals surface area contributed by atoms with Crippen molar-refractivity contribution in [3.63, 3.8) is 0 Å². The standard InChI is InChI=1S/C13H23N3O4/c1-10(13(18)19)15-3-5-16(6-4-15)12(17)8-11-9-14-2-7-20-11/h10-11,14H,2-9H2,1H3,(H,18,19). The van der Waals surface area contributed by atoms with E-state index in [0.717, 1.165) is 13.1 Å². The summed E-state index contributed by atoms with van der Waals surface area (Å²) in [4.78, 5) is 26.8. The molecule has 0 aromatic heterocycles. The number of amides is 1. The van der Waals surface area contributed by atoms with Crippen LogP contribution in [0.25, 0.3) is 0 Å². The predicted molar refractivity (Wildman–Crippen MR) is 72.5 cm³/mol. The summed E-state index contributed by atoms with van der Waals surface area (Å²) >= 11 is 0. The Balaban J connectivity index is 1.75. The Labute approximate surface area is 118 Å². The maximum atomic E-state index is 12.2. The van der Waals surface area contributed by atoms with Crippen molar-refractivity contribution in [3.8, 4) is 0 Å². The number of piperazine rings is 1. The van der Waals surface area contributed by atoms with Crippen LogP contribution in [-0.2, 0) is 14.3 Å². The van der Waals surface area contributed by atoms with Gasteiger partial charge in [0.25, 0.3) is 0 Å². The van der Waals surface area contributed by atoms with Gasteiger partial charge in [-0.3, -0.25) is 14.5 Å². The van der Waals surface area contributed by atoms with E-state index in [1.54, 1.807) is 6.92 Å². The number of hydrogen-bond donors (Lipinski definition) is 2. The normalized spacial score (nSPS) is 26.2. The molecule has 0 aromatic rings. The summed E-state index contributed by atoms with van der Waals surface area (Å²) in [5, 5.41) is 12.2. The molecule has 0 spiro atoms. The van der Waals surface area contributed by atoms with Crippen molar-refractivity contribution in [1.82, 2.24) is 15.1 Å². The first-order chi connectivity index (χ1) is 9.58. The van der Waals surface area contributed by atoms with Gasteiger partial charge in [-0.25, -0.2) is 0 Å². The first-order valence-electron chi connectivity index (χ1n) is 7.15.